The van der Waals surface area contributed by atoms with E-state index in [1.54, 1.807) is 0 Å². The van der Waals surface area contributed by atoms with E-state index in [4.69, 9.17) is 22.1 Å². The average Bonchev–Trinajstić information content (AvgIpc) is 2.68. The topological polar surface area (TPSA) is 119 Å². The van der Waals surface area contributed by atoms with Crippen LogP contribution in [0.4, 0.5) is 0 Å². The van der Waals surface area contributed by atoms with E-state index in [0.29, 0.717) is 6.42 Å². The van der Waals surface area contributed by atoms with Crippen molar-refractivity contribution in [1.29, 1.82) is 0 Å². The number of amides is 3. The Hall–Kier alpha value is -2.61. The number of nitrogens with two attached hydrogens (primary N) is 1. The van der Waals surface area contributed by atoms with E-state index < -0.39 is 35.0 Å². The van der Waals surface area contributed by atoms with Crippen LogP contribution in [-0.4, -0.2) is 40.6 Å². The maximum atomic E-state index is 12.8. The zero-order valence-corrected chi connectivity index (χ0v) is 18.4. The minimum atomic E-state index is -0.905. The molecule has 0 radical (unpaired) electrons. The highest BCUT2D eigenvalue weighted by atomic mass is 35.5. The number of carbonyl (C=O) groups is 4. The molecule has 1 aromatic rings. The molecule has 1 rings (SSSR count). The third kappa shape index (κ3) is 9.73. The van der Waals surface area contributed by atoms with Crippen LogP contribution in [0.5, 0.6) is 0 Å². The quantitative estimate of drug-likeness (QED) is 0.311. The number of hydrogen-bond donors (Lipinski definition) is 2. The van der Waals surface area contributed by atoms with E-state index >= 15 is 0 Å². The Labute approximate surface area is 182 Å². The summed E-state index contributed by atoms with van der Waals surface area (Å²) >= 11 is 5.84. The molecule has 0 saturated carbocycles. The van der Waals surface area contributed by atoms with Crippen molar-refractivity contribution < 1.29 is 23.9 Å². The summed E-state index contributed by atoms with van der Waals surface area (Å²) in [6.45, 7) is 5.31. The molecule has 0 fully saturated rings. The van der Waals surface area contributed by atoms with Gasteiger partial charge in [-0.25, -0.2) is 0 Å². The van der Waals surface area contributed by atoms with Gasteiger partial charge < -0.3 is 10.5 Å². The summed E-state index contributed by atoms with van der Waals surface area (Å²) in [5.41, 5.74) is 8.46. The number of nitrogens with zero attached hydrogens (tertiary/aromatic N) is 1. The monoisotopic (exact) mass is 439 g/mol. The van der Waals surface area contributed by atoms with E-state index in [0.717, 1.165) is 10.6 Å². The Bertz CT molecular complexity index is 725. The highest BCUT2D eigenvalue weighted by Gasteiger charge is 2.28. The van der Waals surface area contributed by atoms with Crippen molar-refractivity contribution in [2.45, 2.75) is 52.0 Å². The van der Waals surface area contributed by atoms with Gasteiger partial charge in [0.15, 0.2) is 0 Å². The first-order valence-corrected chi connectivity index (χ1v) is 10.3. The standard InChI is InChI=1S/C21H30ClN3O5/c1-14(2)11-17(12-19(27)30-13-16-7-5-4-6-8-16)20(28)24-25(10-9-18(23)26)21(29)15(3)22/h4-8,14-15,17H,9-13H2,1-3H3,(H2,23,26)(H,24,28)/t15?,17-/m1/s1. The second kappa shape index (κ2) is 12.8. The molecule has 3 amide bonds. The molecule has 0 aliphatic carbocycles. The Morgan fingerprint density at radius 2 is 1.77 bits per heavy atom. The van der Waals surface area contributed by atoms with Gasteiger partial charge in [0.1, 0.15) is 12.0 Å². The third-order valence-electron chi connectivity index (χ3n) is 4.22. The van der Waals surface area contributed by atoms with Gasteiger partial charge in [0.05, 0.1) is 18.9 Å². The molecule has 3 N–H and O–H groups in total. The second-order valence-corrected chi connectivity index (χ2v) is 8.13. The summed E-state index contributed by atoms with van der Waals surface area (Å²) in [6.07, 6.45) is 0.148. The van der Waals surface area contributed by atoms with Crippen molar-refractivity contribution in [3.8, 4) is 0 Å². The molecule has 0 spiro atoms. The van der Waals surface area contributed by atoms with Gasteiger partial charge in [-0.3, -0.25) is 29.6 Å². The fourth-order valence-corrected chi connectivity index (χ4v) is 2.85. The first kappa shape index (κ1) is 25.4. The number of primary amides is 1. The van der Waals surface area contributed by atoms with Gasteiger partial charge >= 0.3 is 5.97 Å². The number of alkyl halides is 1. The molecule has 0 saturated heterocycles. The number of nitrogens with one attached hydrogen (secondary N) is 1. The van der Waals surface area contributed by atoms with Gasteiger partial charge in [-0.1, -0.05) is 44.2 Å². The summed E-state index contributed by atoms with van der Waals surface area (Å²) in [5.74, 6) is -2.79. The van der Waals surface area contributed by atoms with Crippen LogP contribution in [0.15, 0.2) is 30.3 Å². The summed E-state index contributed by atoms with van der Waals surface area (Å²) < 4.78 is 5.28. The van der Waals surface area contributed by atoms with Gasteiger partial charge in [0.25, 0.3) is 5.91 Å². The van der Waals surface area contributed by atoms with E-state index in [1.807, 2.05) is 44.2 Å². The smallest absolute Gasteiger partial charge is 0.306 e. The molecule has 0 aromatic heterocycles. The lowest BCUT2D eigenvalue weighted by atomic mass is 9.93. The van der Waals surface area contributed by atoms with Crippen LogP contribution in [0.25, 0.3) is 0 Å². The average molecular weight is 440 g/mol. The molecule has 0 heterocycles. The SMILES string of the molecule is CC(C)C[C@H](CC(=O)OCc1ccccc1)C(=O)NN(CCC(N)=O)C(=O)C(C)Cl. The molecule has 166 valence electrons. The molecule has 1 unspecified atom stereocenters. The minimum Gasteiger partial charge on any atom is -0.461 e. The first-order valence-electron chi connectivity index (χ1n) is 9.84. The van der Waals surface area contributed by atoms with E-state index in [1.165, 1.54) is 6.92 Å². The molecule has 8 nitrogen and oxygen atoms in total. The van der Waals surface area contributed by atoms with Gasteiger partial charge in [0.2, 0.25) is 11.8 Å². The largest absolute Gasteiger partial charge is 0.461 e. The lowest BCUT2D eigenvalue weighted by molar-refractivity contribution is -0.150. The van der Waals surface area contributed by atoms with Crippen molar-refractivity contribution in [2.24, 2.45) is 17.6 Å². The lowest BCUT2D eigenvalue weighted by Crippen LogP contribution is -2.51. The van der Waals surface area contributed by atoms with Crippen LogP contribution in [-0.2, 0) is 30.5 Å². The van der Waals surface area contributed by atoms with Gasteiger partial charge in [-0.15, -0.1) is 11.6 Å². The predicted molar refractivity (Wildman–Crippen MR) is 113 cm³/mol. The van der Waals surface area contributed by atoms with Crippen molar-refractivity contribution in [1.82, 2.24) is 10.4 Å². The van der Waals surface area contributed by atoms with E-state index in [-0.39, 0.29) is 31.9 Å². The van der Waals surface area contributed by atoms with Crippen LogP contribution in [0.1, 0.15) is 45.6 Å². The molecule has 30 heavy (non-hydrogen) atoms. The summed E-state index contributed by atoms with van der Waals surface area (Å²) in [6, 6.07) is 9.21. The second-order valence-electron chi connectivity index (χ2n) is 7.48. The van der Waals surface area contributed by atoms with Crippen molar-refractivity contribution in [2.75, 3.05) is 6.54 Å². The minimum absolute atomic E-state index is 0.107. The van der Waals surface area contributed by atoms with Gasteiger partial charge in [0, 0.05) is 6.42 Å². The lowest BCUT2D eigenvalue weighted by Gasteiger charge is -2.27. The Morgan fingerprint density at radius 1 is 1.13 bits per heavy atom. The molecule has 2 atom stereocenters. The molecule has 1 aromatic carbocycles. The third-order valence-corrected chi connectivity index (χ3v) is 4.40. The fourth-order valence-electron chi connectivity index (χ4n) is 2.73. The molecule has 0 aliphatic rings. The number of hydrazine groups is 1. The summed E-state index contributed by atoms with van der Waals surface area (Å²) in [4.78, 5) is 48.4. The number of benzene rings is 1. The summed E-state index contributed by atoms with van der Waals surface area (Å²) in [5, 5.41) is 0.0745. The molecule has 9 heteroatoms. The Morgan fingerprint density at radius 3 is 2.30 bits per heavy atom. The van der Waals surface area contributed by atoms with Crippen molar-refractivity contribution in [3.05, 3.63) is 35.9 Å². The number of ether oxygens (including phenoxy) is 1. The number of esters is 1. The van der Waals surface area contributed by atoms with Crippen molar-refractivity contribution >= 4 is 35.3 Å². The van der Waals surface area contributed by atoms with Gasteiger partial charge in [-0.2, -0.15) is 0 Å². The number of halogens is 1. The normalized spacial score (nSPS) is 12.7. The predicted octanol–water partition coefficient (Wildman–Crippen LogP) is 2.14. The zero-order chi connectivity index (χ0) is 22.7. The number of hydrogen-bond acceptors (Lipinski definition) is 5. The molecular formula is C21H30ClN3O5. The van der Waals surface area contributed by atoms with E-state index in [2.05, 4.69) is 5.43 Å². The molecule has 0 bridgehead atoms. The van der Waals surface area contributed by atoms with Crippen molar-refractivity contribution in [3.63, 3.8) is 0 Å². The summed E-state index contributed by atoms with van der Waals surface area (Å²) in [7, 11) is 0. The Kier molecular flexibility index (Phi) is 10.9. The van der Waals surface area contributed by atoms with E-state index in [9.17, 15) is 19.2 Å². The maximum Gasteiger partial charge on any atom is 0.306 e. The Balaban J connectivity index is 2.78. The fraction of sp³-hybridized carbons (Fsp3) is 0.524. The van der Waals surface area contributed by atoms with Crippen LogP contribution in [0.3, 0.4) is 0 Å². The number of carbonyl (C=O) groups excluding carboxylic acids is 4. The van der Waals surface area contributed by atoms with Gasteiger partial charge in [-0.05, 0) is 24.8 Å². The highest BCUT2D eigenvalue weighted by molar-refractivity contribution is 6.30. The first-order chi connectivity index (χ1) is 14.1. The molecular weight excluding hydrogens is 410 g/mol. The van der Waals surface area contributed by atoms with Crippen LogP contribution in [0.2, 0.25) is 0 Å². The zero-order valence-electron chi connectivity index (χ0n) is 17.6. The highest BCUT2D eigenvalue weighted by Crippen LogP contribution is 2.18. The van der Waals surface area contributed by atoms with Crippen LogP contribution < -0.4 is 11.2 Å². The molecule has 0 aliphatic heterocycles. The maximum absolute atomic E-state index is 12.8. The number of rotatable bonds is 11. The van der Waals surface area contributed by atoms with Crippen LogP contribution >= 0.6 is 11.6 Å². The van der Waals surface area contributed by atoms with Crippen LogP contribution in [0, 0.1) is 11.8 Å².